The van der Waals surface area contributed by atoms with Gasteiger partial charge in [-0.25, -0.2) is 0 Å². The summed E-state index contributed by atoms with van der Waals surface area (Å²) in [6.07, 6.45) is 4.46. The van der Waals surface area contributed by atoms with E-state index in [9.17, 15) is 14.9 Å². The first-order valence-electron chi connectivity index (χ1n) is 9.23. The van der Waals surface area contributed by atoms with Crippen molar-refractivity contribution in [1.29, 1.82) is 0 Å². The molecule has 2 aromatic rings. The Balaban J connectivity index is 1.95. The van der Waals surface area contributed by atoms with Crippen LogP contribution >= 0.6 is 0 Å². The van der Waals surface area contributed by atoms with E-state index >= 15 is 0 Å². The summed E-state index contributed by atoms with van der Waals surface area (Å²) in [4.78, 5) is 30.4. The zero-order valence-electron chi connectivity index (χ0n) is 15.4. The average molecular weight is 368 g/mol. The number of nitro benzene ring substituents is 1. The van der Waals surface area contributed by atoms with E-state index in [0.29, 0.717) is 17.7 Å². The highest BCUT2D eigenvalue weighted by Gasteiger charge is 2.28. The van der Waals surface area contributed by atoms with Gasteiger partial charge in [-0.2, -0.15) is 0 Å². The molecule has 0 radical (unpaired) electrons. The summed E-state index contributed by atoms with van der Waals surface area (Å²) in [5.74, 6) is -0.172. The van der Waals surface area contributed by atoms with Crippen molar-refractivity contribution in [3.05, 3.63) is 69.5 Å². The van der Waals surface area contributed by atoms with E-state index in [-0.39, 0.29) is 17.6 Å². The normalized spacial score (nSPS) is 17.1. The third-order valence-corrected chi connectivity index (χ3v) is 5.04. The van der Waals surface area contributed by atoms with Gasteiger partial charge in [0.15, 0.2) is 0 Å². The van der Waals surface area contributed by atoms with E-state index in [2.05, 4.69) is 10.3 Å². The third kappa shape index (κ3) is 4.49. The summed E-state index contributed by atoms with van der Waals surface area (Å²) in [5.41, 5.74) is 1.58. The Morgan fingerprint density at radius 1 is 1.26 bits per heavy atom. The number of benzene rings is 1. The average Bonchev–Trinajstić information content (AvgIpc) is 2.96. The highest BCUT2D eigenvalue weighted by atomic mass is 16.6. The number of pyridine rings is 1. The lowest BCUT2D eigenvalue weighted by Gasteiger charge is -2.31. The standard InChI is InChI=1S/C20H24N4O3/c1-15-18(8-4-9-19(15)24(26)27)20(25)23(14-16-6-2-3-12-22-16)17-7-5-11-21-13-10-17/h2-4,6,8-9,12,17,21H,5,7,10-11,13-14H2,1H3. The smallest absolute Gasteiger partial charge is 0.273 e. The van der Waals surface area contributed by atoms with Crippen LogP contribution in [0.2, 0.25) is 0 Å². The van der Waals surface area contributed by atoms with E-state index in [0.717, 1.165) is 38.0 Å². The molecule has 1 saturated heterocycles. The van der Waals surface area contributed by atoms with Gasteiger partial charge in [0.05, 0.1) is 17.2 Å². The van der Waals surface area contributed by atoms with Crippen molar-refractivity contribution in [2.75, 3.05) is 13.1 Å². The number of nitrogens with zero attached hydrogens (tertiary/aromatic N) is 3. The van der Waals surface area contributed by atoms with Crippen LogP contribution < -0.4 is 5.32 Å². The van der Waals surface area contributed by atoms with Crippen LogP contribution in [-0.4, -0.2) is 39.8 Å². The van der Waals surface area contributed by atoms with E-state index in [1.807, 2.05) is 23.1 Å². The second-order valence-corrected chi connectivity index (χ2v) is 6.80. The number of nitrogens with one attached hydrogen (secondary N) is 1. The number of hydrogen-bond donors (Lipinski definition) is 1. The van der Waals surface area contributed by atoms with Gasteiger partial charge in [0.25, 0.3) is 11.6 Å². The van der Waals surface area contributed by atoms with Crippen LogP contribution in [0.3, 0.4) is 0 Å². The number of hydrogen-bond acceptors (Lipinski definition) is 5. The van der Waals surface area contributed by atoms with Crippen LogP contribution in [0.1, 0.15) is 40.9 Å². The Hall–Kier alpha value is -2.80. The van der Waals surface area contributed by atoms with Crippen molar-refractivity contribution in [2.45, 2.75) is 38.8 Å². The Morgan fingerprint density at radius 2 is 2.11 bits per heavy atom. The van der Waals surface area contributed by atoms with Crippen molar-refractivity contribution in [3.63, 3.8) is 0 Å². The van der Waals surface area contributed by atoms with Crippen LogP contribution in [0.25, 0.3) is 0 Å². The SMILES string of the molecule is Cc1c(C(=O)N(Cc2ccccn2)C2CCCNCC2)cccc1[N+](=O)[O-]. The number of aromatic nitrogens is 1. The fourth-order valence-electron chi connectivity index (χ4n) is 3.55. The molecule has 7 heteroatoms. The Labute approximate surface area is 158 Å². The molecule has 0 saturated carbocycles. The van der Waals surface area contributed by atoms with Crippen LogP contribution in [-0.2, 0) is 6.54 Å². The van der Waals surface area contributed by atoms with E-state index < -0.39 is 4.92 Å². The lowest BCUT2D eigenvalue weighted by molar-refractivity contribution is -0.385. The first-order chi connectivity index (χ1) is 13.1. The fourth-order valence-corrected chi connectivity index (χ4v) is 3.55. The highest BCUT2D eigenvalue weighted by molar-refractivity contribution is 5.96. The summed E-state index contributed by atoms with van der Waals surface area (Å²) in [7, 11) is 0. The van der Waals surface area contributed by atoms with Gasteiger partial charge in [-0.15, -0.1) is 0 Å². The van der Waals surface area contributed by atoms with Crippen molar-refractivity contribution in [3.8, 4) is 0 Å². The molecule has 1 amide bonds. The predicted octanol–water partition coefficient (Wildman–Crippen LogP) is 3.08. The van der Waals surface area contributed by atoms with Crippen molar-refractivity contribution in [2.24, 2.45) is 0 Å². The number of nitro groups is 1. The van der Waals surface area contributed by atoms with Gasteiger partial charge in [0.2, 0.25) is 0 Å². The van der Waals surface area contributed by atoms with Gasteiger partial charge in [-0.1, -0.05) is 12.1 Å². The Kier molecular flexibility index (Phi) is 6.13. The maximum absolute atomic E-state index is 13.4. The van der Waals surface area contributed by atoms with Crippen LogP contribution in [0, 0.1) is 17.0 Å². The van der Waals surface area contributed by atoms with Crippen LogP contribution in [0.15, 0.2) is 42.6 Å². The number of carbonyl (C=O) groups excluding carboxylic acids is 1. The second kappa shape index (κ2) is 8.73. The van der Waals surface area contributed by atoms with Crippen molar-refractivity contribution >= 4 is 11.6 Å². The molecular weight excluding hydrogens is 344 g/mol. The van der Waals surface area contributed by atoms with Gasteiger partial charge < -0.3 is 10.2 Å². The molecule has 7 nitrogen and oxygen atoms in total. The minimum atomic E-state index is -0.440. The molecule has 1 aliphatic heterocycles. The fraction of sp³-hybridized carbons (Fsp3) is 0.400. The molecule has 1 aromatic carbocycles. The molecule has 1 unspecified atom stereocenters. The minimum Gasteiger partial charge on any atom is -0.330 e. The van der Waals surface area contributed by atoms with Gasteiger partial charge in [-0.05, 0) is 57.5 Å². The van der Waals surface area contributed by atoms with Gasteiger partial charge >= 0.3 is 0 Å². The van der Waals surface area contributed by atoms with Crippen LogP contribution in [0.4, 0.5) is 5.69 Å². The summed E-state index contributed by atoms with van der Waals surface area (Å²) in [6.45, 7) is 3.83. The van der Waals surface area contributed by atoms with E-state index in [1.54, 1.807) is 25.3 Å². The molecule has 0 aliphatic carbocycles. The molecule has 1 aromatic heterocycles. The largest absolute Gasteiger partial charge is 0.330 e. The molecule has 3 rings (SSSR count). The third-order valence-electron chi connectivity index (χ3n) is 5.04. The summed E-state index contributed by atoms with van der Waals surface area (Å²) < 4.78 is 0. The number of rotatable bonds is 5. The summed E-state index contributed by atoms with van der Waals surface area (Å²) >= 11 is 0. The monoisotopic (exact) mass is 368 g/mol. The molecule has 27 heavy (non-hydrogen) atoms. The summed E-state index contributed by atoms with van der Waals surface area (Å²) in [5, 5.41) is 14.6. The summed E-state index contributed by atoms with van der Waals surface area (Å²) in [6, 6.07) is 10.4. The molecular formula is C20H24N4O3. The number of amides is 1. The molecule has 1 aliphatic rings. The number of carbonyl (C=O) groups is 1. The topological polar surface area (TPSA) is 88.4 Å². The first kappa shape index (κ1) is 19.0. The zero-order valence-corrected chi connectivity index (χ0v) is 15.4. The minimum absolute atomic E-state index is 0.0267. The van der Waals surface area contributed by atoms with Gasteiger partial charge in [0, 0.05) is 29.4 Å². The molecule has 1 atom stereocenters. The highest BCUT2D eigenvalue weighted by Crippen LogP contribution is 2.25. The van der Waals surface area contributed by atoms with Gasteiger partial charge in [-0.3, -0.25) is 19.9 Å². The first-order valence-corrected chi connectivity index (χ1v) is 9.23. The Bertz CT molecular complexity index is 802. The van der Waals surface area contributed by atoms with E-state index in [1.165, 1.54) is 6.07 Å². The lowest BCUT2D eigenvalue weighted by Crippen LogP contribution is -2.41. The molecule has 1 N–H and O–H groups in total. The maximum atomic E-state index is 13.4. The van der Waals surface area contributed by atoms with Crippen LogP contribution in [0.5, 0.6) is 0 Å². The molecule has 1 fully saturated rings. The molecule has 0 bridgehead atoms. The molecule has 0 spiro atoms. The molecule has 2 heterocycles. The second-order valence-electron chi connectivity index (χ2n) is 6.80. The maximum Gasteiger partial charge on any atom is 0.273 e. The Morgan fingerprint density at radius 3 is 2.85 bits per heavy atom. The predicted molar refractivity (Wildman–Crippen MR) is 102 cm³/mol. The van der Waals surface area contributed by atoms with Gasteiger partial charge in [0.1, 0.15) is 0 Å². The molecule has 142 valence electrons. The zero-order chi connectivity index (χ0) is 19.2. The van der Waals surface area contributed by atoms with Crippen molar-refractivity contribution < 1.29 is 9.72 Å². The van der Waals surface area contributed by atoms with Crippen molar-refractivity contribution in [1.82, 2.24) is 15.2 Å². The lowest BCUT2D eigenvalue weighted by atomic mass is 10.0. The van der Waals surface area contributed by atoms with E-state index in [4.69, 9.17) is 0 Å². The quantitative estimate of drug-likeness (QED) is 0.647.